The number of aromatic amines is 2. The van der Waals surface area contributed by atoms with E-state index in [0.29, 0.717) is 0 Å². The fourth-order valence-electron chi connectivity index (χ4n) is 1.55. The van der Waals surface area contributed by atoms with Crippen LogP contribution in [-0.4, -0.2) is 27.3 Å². The maximum atomic E-state index is 11.5. The first-order valence-corrected chi connectivity index (χ1v) is 6.36. The Kier molecular flexibility index (Phi) is 5.14. The molecule has 0 saturated carbocycles. The first-order valence-electron chi connectivity index (χ1n) is 6.36. The number of carbonyl (C=O) groups excluding carboxylic acids is 1. The minimum Gasteiger partial charge on any atom is -0.273 e. The van der Waals surface area contributed by atoms with Crippen LogP contribution < -0.4 is 16.7 Å². The molecule has 0 aliphatic rings. The van der Waals surface area contributed by atoms with Crippen molar-refractivity contribution >= 4 is 18.2 Å². The van der Waals surface area contributed by atoms with Gasteiger partial charge in [0.05, 0.1) is 6.42 Å². The largest absolute Gasteiger partial charge is 0.342 e. The second kappa shape index (κ2) is 7.48. The van der Waals surface area contributed by atoms with E-state index in [1.165, 1.54) is 6.21 Å². The molecule has 22 heavy (non-hydrogen) atoms. The molecule has 0 spiro atoms. The molecule has 1 aromatic carbocycles. The first-order chi connectivity index (χ1) is 10.6. The Hall–Kier alpha value is -3.29. The van der Waals surface area contributed by atoms with E-state index in [2.05, 4.69) is 15.6 Å². The predicted octanol–water partition coefficient (Wildman–Crippen LogP) is -0.184. The van der Waals surface area contributed by atoms with Crippen LogP contribution in [0.3, 0.4) is 0 Å². The number of rotatable bonds is 5. The van der Waals surface area contributed by atoms with E-state index in [9.17, 15) is 14.4 Å². The van der Waals surface area contributed by atoms with E-state index < -0.39 is 17.2 Å². The number of aromatic nitrogens is 3. The van der Waals surface area contributed by atoms with Crippen molar-refractivity contribution in [2.45, 2.75) is 6.42 Å². The Morgan fingerprint density at radius 2 is 2.05 bits per heavy atom. The predicted molar refractivity (Wildman–Crippen MR) is 81.3 cm³/mol. The summed E-state index contributed by atoms with van der Waals surface area (Å²) in [6.07, 6.45) is 4.62. The van der Waals surface area contributed by atoms with Gasteiger partial charge in [-0.05, 0) is 11.6 Å². The van der Waals surface area contributed by atoms with Crippen LogP contribution in [0, 0.1) is 0 Å². The number of nitrogens with one attached hydrogen (secondary N) is 3. The molecule has 0 saturated heterocycles. The number of benzene rings is 1. The highest BCUT2D eigenvalue weighted by atomic mass is 16.2. The third kappa shape index (κ3) is 4.67. The number of hydrogen-bond acceptors (Lipinski definition) is 5. The highest BCUT2D eigenvalue weighted by Gasteiger charge is 2.08. The number of hydrogen-bond donors (Lipinski definition) is 3. The van der Waals surface area contributed by atoms with Gasteiger partial charge in [0.15, 0.2) is 0 Å². The number of allylic oxidation sites excluding steroid dienone is 1. The number of nitrogens with zero attached hydrogens (tertiary/aromatic N) is 2. The zero-order chi connectivity index (χ0) is 15.8. The summed E-state index contributed by atoms with van der Waals surface area (Å²) >= 11 is 0. The Bertz CT molecular complexity index is 805. The highest BCUT2D eigenvalue weighted by Crippen LogP contribution is 1.99. The lowest BCUT2D eigenvalue weighted by atomic mass is 10.2. The molecular formula is C14H13N5O3. The molecule has 112 valence electrons. The van der Waals surface area contributed by atoms with Crippen LogP contribution in [0.25, 0.3) is 6.08 Å². The number of hydrazone groups is 1. The molecule has 0 unspecified atom stereocenters. The van der Waals surface area contributed by atoms with E-state index in [0.717, 1.165) is 5.56 Å². The van der Waals surface area contributed by atoms with Crippen molar-refractivity contribution in [3.05, 3.63) is 68.5 Å². The molecule has 0 bridgehead atoms. The summed E-state index contributed by atoms with van der Waals surface area (Å²) in [5.41, 5.74) is 1.74. The van der Waals surface area contributed by atoms with Crippen LogP contribution in [0.5, 0.6) is 0 Å². The average molecular weight is 299 g/mol. The van der Waals surface area contributed by atoms with Gasteiger partial charge in [0.1, 0.15) is 5.69 Å². The van der Waals surface area contributed by atoms with Gasteiger partial charge in [0.25, 0.3) is 5.56 Å². The number of H-pyrrole nitrogens is 2. The molecule has 0 radical (unpaired) electrons. The van der Waals surface area contributed by atoms with Gasteiger partial charge >= 0.3 is 5.69 Å². The molecule has 0 aliphatic heterocycles. The van der Waals surface area contributed by atoms with Gasteiger partial charge in [0.2, 0.25) is 5.91 Å². The lowest BCUT2D eigenvalue weighted by molar-refractivity contribution is -0.120. The van der Waals surface area contributed by atoms with Crippen LogP contribution in [-0.2, 0) is 11.2 Å². The molecule has 1 aromatic heterocycles. The van der Waals surface area contributed by atoms with Crippen molar-refractivity contribution in [3.63, 3.8) is 0 Å². The molecule has 1 amide bonds. The van der Waals surface area contributed by atoms with E-state index in [1.807, 2.05) is 46.5 Å². The zero-order valence-electron chi connectivity index (χ0n) is 11.4. The number of amides is 1. The van der Waals surface area contributed by atoms with Crippen molar-refractivity contribution in [1.29, 1.82) is 0 Å². The average Bonchev–Trinajstić information content (AvgIpc) is 2.51. The number of carbonyl (C=O) groups is 1. The summed E-state index contributed by atoms with van der Waals surface area (Å²) in [5, 5.41) is 9.25. The van der Waals surface area contributed by atoms with Crippen LogP contribution >= 0.6 is 0 Å². The molecule has 2 rings (SSSR count). The molecular weight excluding hydrogens is 286 g/mol. The van der Waals surface area contributed by atoms with Crippen LogP contribution in [0.4, 0.5) is 0 Å². The Morgan fingerprint density at radius 1 is 1.27 bits per heavy atom. The minimum atomic E-state index is -0.724. The molecule has 0 aliphatic carbocycles. The first kappa shape index (κ1) is 15.1. The minimum absolute atomic E-state index is 0.0906. The summed E-state index contributed by atoms with van der Waals surface area (Å²) < 4.78 is 0. The van der Waals surface area contributed by atoms with Crippen LogP contribution in [0.2, 0.25) is 0 Å². The van der Waals surface area contributed by atoms with Crippen LogP contribution in [0.1, 0.15) is 11.3 Å². The van der Waals surface area contributed by atoms with Crippen molar-refractivity contribution in [2.24, 2.45) is 5.10 Å². The molecule has 3 N–H and O–H groups in total. The Morgan fingerprint density at radius 3 is 2.77 bits per heavy atom. The van der Waals surface area contributed by atoms with Gasteiger partial charge in [-0.2, -0.15) is 10.2 Å². The monoisotopic (exact) mass is 299 g/mol. The van der Waals surface area contributed by atoms with Crippen molar-refractivity contribution in [1.82, 2.24) is 20.6 Å². The topological polar surface area (TPSA) is 120 Å². The van der Waals surface area contributed by atoms with Crippen molar-refractivity contribution in [2.75, 3.05) is 0 Å². The maximum Gasteiger partial charge on any atom is 0.342 e. The molecule has 8 nitrogen and oxygen atoms in total. The quantitative estimate of drug-likeness (QED) is 0.523. The van der Waals surface area contributed by atoms with Crippen molar-refractivity contribution < 1.29 is 4.79 Å². The van der Waals surface area contributed by atoms with E-state index >= 15 is 0 Å². The maximum absolute atomic E-state index is 11.5. The third-order valence-electron chi connectivity index (χ3n) is 2.55. The summed E-state index contributed by atoms with van der Waals surface area (Å²) in [6, 6.07) is 9.59. The molecule has 0 atom stereocenters. The summed E-state index contributed by atoms with van der Waals surface area (Å²) in [6.45, 7) is 0. The lowest BCUT2D eigenvalue weighted by Gasteiger charge is -1.97. The van der Waals surface area contributed by atoms with E-state index in [4.69, 9.17) is 0 Å². The Balaban J connectivity index is 1.85. The SMILES string of the molecule is O=C(Cc1n[nH]c(=O)[nH]c1=O)N/N=C/C=C/c1ccccc1. The normalized spacial score (nSPS) is 11.1. The Labute approximate surface area is 124 Å². The van der Waals surface area contributed by atoms with Gasteiger partial charge in [-0.3, -0.25) is 14.6 Å². The molecule has 8 heteroatoms. The highest BCUT2D eigenvalue weighted by molar-refractivity contribution is 5.82. The molecule has 2 aromatic rings. The third-order valence-corrected chi connectivity index (χ3v) is 2.55. The second-order valence-corrected chi connectivity index (χ2v) is 4.21. The zero-order valence-corrected chi connectivity index (χ0v) is 11.4. The van der Waals surface area contributed by atoms with E-state index in [-0.39, 0.29) is 12.1 Å². The smallest absolute Gasteiger partial charge is 0.273 e. The van der Waals surface area contributed by atoms with Gasteiger partial charge in [-0.25, -0.2) is 15.3 Å². The van der Waals surface area contributed by atoms with E-state index in [1.54, 1.807) is 6.08 Å². The van der Waals surface area contributed by atoms with Gasteiger partial charge < -0.3 is 0 Å². The second-order valence-electron chi connectivity index (χ2n) is 4.21. The fraction of sp³-hybridized carbons (Fsp3) is 0.0714. The van der Waals surface area contributed by atoms with Crippen LogP contribution in [0.15, 0.2) is 51.1 Å². The summed E-state index contributed by atoms with van der Waals surface area (Å²) in [5.74, 6) is -0.519. The van der Waals surface area contributed by atoms with Gasteiger partial charge in [-0.15, -0.1) is 0 Å². The fourth-order valence-corrected chi connectivity index (χ4v) is 1.55. The lowest BCUT2D eigenvalue weighted by Crippen LogP contribution is -2.31. The van der Waals surface area contributed by atoms with Crippen molar-refractivity contribution in [3.8, 4) is 0 Å². The summed E-state index contributed by atoms with van der Waals surface area (Å²) in [7, 11) is 0. The standard InChI is InChI=1S/C14H13N5O3/c20-12(9-11-13(21)16-14(22)19-17-11)18-15-8-4-7-10-5-2-1-3-6-10/h1-8H,9H2,(H,18,20)(H2,16,19,21,22)/b7-4+,15-8+. The molecule has 0 fully saturated rings. The van der Waals surface area contributed by atoms with Gasteiger partial charge in [-0.1, -0.05) is 36.4 Å². The van der Waals surface area contributed by atoms with Gasteiger partial charge in [0, 0.05) is 6.21 Å². The molecule has 1 heterocycles. The summed E-state index contributed by atoms with van der Waals surface area (Å²) in [4.78, 5) is 35.7.